The molecular weight excluding hydrogens is 580 g/mol. The molecule has 0 radical (unpaired) electrons. The predicted molar refractivity (Wildman–Crippen MR) is 164 cm³/mol. The molecule has 4 aromatic rings. The third-order valence-electron chi connectivity index (χ3n) is 6.91. The SMILES string of the molecule is COC(=O)C(OC)c1ccc(N(c2ccc(N(Cc3ccc(Cl)cc3)[C@@H](C)CC(=O)O)c3ccccc23)S(=O)O)cc1. The summed E-state index contributed by atoms with van der Waals surface area (Å²) in [7, 11) is 2.67. The molecule has 0 fully saturated rings. The minimum absolute atomic E-state index is 0.0865. The van der Waals surface area contributed by atoms with Crippen LogP contribution in [0.2, 0.25) is 5.02 Å². The van der Waals surface area contributed by atoms with Crippen LogP contribution in [0.15, 0.2) is 84.9 Å². The Balaban J connectivity index is 1.80. The number of aliphatic carboxylic acids is 1. The fourth-order valence-electron chi connectivity index (χ4n) is 4.90. The first kappa shape index (κ1) is 31.0. The second-order valence-electron chi connectivity index (χ2n) is 9.61. The second kappa shape index (κ2) is 13.8. The summed E-state index contributed by atoms with van der Waals surface area (Å²) in [5, 5.41) is 11.6. The summed E-state index contributed by atoms with van der Waals surface area (Å²) in [4.78, 5) is 25.8. The Labute approximate surface area is 251 Å². The standard InChI is InChI=1S/C31H31ClN2O7S/c1-20(18-29(35)36)33(19-21-8-12-23(32)13-9-21)27-16-17-28(26-7-5-4-6-25(26)27)34(42(38)39)24-14-10-22(11-15-24)30(40-2)31(37)41-3/h4-17,20,30H,18-19H2,1-3H3,(H,35,36)(H,38,39)/t20-,30?/m0/s1. The molecule has 0 saturated carbocycles. The molecule has 3 atom stereocenters. The molecule has 0 aliphatic carbocycles. The van der Waals surface area contributed by atoms with Crippen LogP contribution in [0.4, 0.5) is 17.1 Å². The van der Waals surface area contributed by atoms with E-state index in [0.717, 1.165) is 16.6 Å². The summed E-state index contributed by atoms with van der Waals surface area (Å²) in [6.07, 6.45) is -1.02. The summed E-state index contributed by atoms with van der Waals surface area (Å²) in [6, 6.07) is 24.6. The maximum atomic E-state index is 12.7. The molecule has 0 aliphatic heterocycles. The molecule has 4 aromatic carbocycles. The van der Waals surface area contributed by atoms with Gasteiger partial charge in [0.1, 0.15) is 0 Å². The van der Waals surface area contributed by atoms with E-state index in [0.29, 0.717) is 33.9 Å². The maximum Gasteiger partial charge on any atom is 0.339 e. The van der Waals surface area contributed by atoms with E-state index in [1.807, 2.05) is 54.3 Å². The lowest BCUT2D eigenvalue weighted by atomic mass is 10.0. The molecule has 9 nitrogen and oxygen atoms in total. The van der Waals surface area contributed by atoms with Gasteiger partial charge in [-0.25, -0.2) is 13.3 Å². The van der Waals surface area contributed by atoms with Gasteiger partial charge in [-0.3, -0.25) is 9.35 Å². The first-order valence-electron chi connectivity index (χ1n) is 13.0. The zero-order valence-electron chi connectivity index (χ0n) is 23.3. The maximum absolute atomic E-state index is 12.7. The molecule has 0 bridgehead atoms. The van der Waals surface area contributed by atoms with E-state index >= 15 is 0 Å². The Morgan fingerprint density at radius 2 is 1.50 bits per heavy atom. The summed E-state index contributed by atoms with van der Waals surface area (Å²) < 4.78 is 34.5. The molecule has 11 heteroatoms. The Morgan fingerprint density at radius 1 is 0.905 bits per heavy atom. The number of hydrogen-bond donors (Lipinski definition) is 2. The minimum Gasteiger partial charge on any atom is -0.481 e. The topological polar surface area (TPSA) is 117 Å². The van der Waals surface area contributed by atoms with Gasteiger partial charge >= 0.3 is 11.9 Å². The lowest BCUT2D eigenvalue weighted by Crippen LogP contribution is -2.34. The number of rotatable bonds is 12. The van der Waals surface area contributed by atoms with Gasteiger partial charge in [0.2, 0.25) is 0 Å². The number of ether oxygens (including phenoxy) is 2. The molecule has 220 valence electrons. The molecule has 0 aliphatic rings. The van der Waals surface area contributed by atoms with E-state index in [1.165, 1.54) is 18.5 Å². The number of esters is 1. The lowest BCUT2D eigenvalue weighted by molar-refractivity contribution is -0.152. The van der Waals surface area contributed by atoms with Crippen molar-refractivity contribution >= 4 is 62.6 Å². The number of halogens is 1. The van der Waals surface area contributed by atoms with Gasteiger partial charge in [-0.05, 0) is 54.4 Å². The van der Waals surface area contributed by atoms with Crippen LogP contribution in [0.3, 0.4) is 0 Å². The predicted octanol–water partition coefficient (Wildman–Crippen LogP) is 6.50. The van der Waals surface area contributed by atoms with Gasteiger partial charge in [-0.1, -0.05) is 60.1 Å². The number of carbonyl (C=O) groups is 2. The summed E-state index contributed by atoms with van der Waals surface area (Å²) in [5.74, 6) is -1.48. The molecular formula is C31H31ClN2O7S. The number of carboxylic acids is 1. The molecule has 0 heterocycles. The number of fused-ring (bicyclic) bond motifs is 1. The van der Waals surface area contributed by atoms with Crippen LogP contribution in [0, 0.1) is 0 Å². The molecule has 4 rings (SSSR count). The summed E-state index contributed by atoms with van der Waals surface area (Å²) >= 11 is 3.63. The smallest absolute Gasteiger partial charge is 0.339 e. The van der Waals surface area contributed by atoms with Crippen molar-refractivity contribution in [3.8, 4) is 0 Å². The van der Waals surface area contributed by atoms with E-state index in [9.17, 15) is 23.5 Å². The third-order valence-corrected chi connectivity index (χ3v) is 7.88. The first-order valence-corrected chi connectivity index (χ1v) is 14.4. The highest BCUT2D eigenvalue weighted by molar-refractivity contribution is 7.81. The lowest BCUT2D eigenvalue weighted by Gasteiger charge is -2.33. The van der Waals surface area contributed by atoms with Gasteiger partial charge in [0.05, 0.1) is 24.9 Å². The minimum atomic E-state index is -2.45. The molecule has 42 heavy (non-hydrogen) atoms. The molecule has 2 unspecified atom stereocenters. The van der Waals surface area contributed by atoms with Crippen molar-refractivity contribution in [1.82, 2.24) is 0 Å². The summed E-state index contributed by atoms with van der Waals surface area (Å²) in [6.45, 7) is 2.28. The fourth-order valence-corrected chi connectivity index (χ4v) is 5.65. The first-order chi connectivity index (χ1) is 20.1. The fraction of sp³-hybridized carbons (Fsp3) is 0.226. The highest BCUT2D eigenvalue weighted by Crippen LogP contribution is 2.39. The average Bonchev–Trinajstić information content (AvgIpc) is 2.97. The van der Waals surface area contributed by atoms with E-state index < -0.39 is 29.3 Å². The van der Waals surface area contributed by atoms with Crippen LogP contribution in [-0.2, 0) is 36.9 Å². The van der Waals surface area contributed by atoms with Crippen molar-refractivity contribution in [3.05, 3.63) is 101 Å². The van der Waals surface area contributed by atoms with Gasteiger partial charge < -0.3 is 19.5 Å². The highest BCUT2D eigenvalue weighted by Gasteiger charge is 2.25. The van der Waals surface area contributed by atoms with Crippen LogP contribution in [0.25, 0.3) is 10.8 Å². The van der Waals surface area contributed by atoms with Crippen molar-refractivity contribution in [2.75, 3.05) is 23.4 Å². The Hall–Kier alpha value is -3.96. The van der Waals surface area contributed by atoms with Gasteiger partial charge in [-0.15, -0.1) is 0 Å². The van der Waals surface area contributed by atoms with Crippen molar-refractivity contribution in [2.24, 2.45) is 0 Å². The quantitative estimate of drug-likeness (QED) is 0.138. The van der Waals surface area contributed by atoms with Crippen LogP contribution >= 0.6 is 11.6 Å². The average molecular weight is 611 g/mol. The van der Waals surface area contributed by atoms with Gasteiger partial charge in [-0.2, -0.15) is 0 Å². The third kappa shape index (κ3) is 6.91. The van der Waals surface area contributed by atoms with E-state index in [2.05, 4.69) is 0 Å². The molecule has 0 amide bonds. The van der Waals surface area contributed by atoms with Gasteiger partial charge in [0, 0.05) is 41.2 Å². The van der Waals surface area contributed by atoms with Crippen LogP contribution in [-0.4, -0.2) is 46.1 Å². The van der Waals surface area contributed by atoms with Crippen molar-refractivity contribution < 1.29 is 32.9 Å². The highest BCUT2D eigenvalue weighted by atomic mass is 35.5. The van der Waals surface area contributed by atoms with Gasteiger partial charge in [0.15, 0.2) is 6.10 Å². The van der Waals surface area contributed by atoms with Crippen molar-refractivity contribution in [3.63, 3.8) is 0 Å². The van der Waals surface area contributed by atoms with E-state index in [-0.39, 0.29) is 12.5 Å². The number of hydrogen-bond acceptors (Lipinski definition) is 6. The molecule has 0 aromatic heterocycles. The van der Waals surface area contributed by atoms with Crippen molar-refractivity contribution in [1.29, 1.82) is 0 Å². The second-order valence-corrected chi connectivity index (χ2v) is 10.9. The number of anilines is 3. The number of methoxy groups -OCH3 is 2. The number of carbonyl (C=O) groups excluding carboxylic acids is 1. The molecule has 0 saturated heterocycles. The van der Waals surface area contributed by atoms with E-state index in [4.69, 9.17) is 21.1 Å². The largest absolute Gasteiger partial charge is 0.481 e. The summed E-state index contributed by atoms with van der Waals surface area (Å²) in [5.41, 5.74) is 3.13. The normalized spacial score (nSPS) is 13.3. The van der Waals surface area contributed by atoms with Gasteiger partial charge in [0.25, 0.3) is 11.3 Å². The van der Waals surface area contributed by atoms with E-state index in [1.54, 1.807) is 42.5 Å². The molecule has 2 N–H and O–H groups in total. The number of nitrogens with zero attached hydrogens (tertiary/aromatic N) is 2. The zero-order valence-corrected chi connectivity index (χ0v) is 24.8. The zero-order chi connectivity index (χ0) is 30.4. The van der Waals surface area contributed by atoms with Crippen LogP contribution in [0.5, 0.6) is 0 Å². The Bertz CT molecular complexity index is 1580. The number of carboxylic acid groups (broad SMARTS) is 1. The molecule has 0 spiro atoms. The Kier molecular flexibility index (Phi) is 10.2. The van der Waals surface area contributed by atoms with Crippen LogP contribution < -0.4 is 9.21 Å². The number of benzene rings is 4. The van der Waals surface area contributed by atoms with Crippen molar-refractivity contribution in [2.45, 2.75) is 32.0 Å². The van der Waals surface area contributed by atoms with Crippen LogP contribution in [0.1, 0.15) is 30.6 Å². The Morgan fingerprint density at radius 3 is 2.05 bits per heavy atom. The monoisotopic (exact) mass is 610 g/mol.